The molecule has 0 spiro atoms. The van der Waals surface area contributed by atoms with Gasteiger partial charge in [-0.2, -0.15) is 0 Å². The van der Waals surface area contributed by atoms with Crippen LogP contribution < -0.4 is 5.73 Å². The minimum absolute atomic E-state index is 0.345. The monoisotopic (exact) mass is 300 g/mol. The first kappa shape index (κ1) is 15.8. The third-order valence-electron chi connectivity index (χ3n) is 5.64. The molecule has 0 aromatic heterocycles. The smallest absolute Gasteiger partial charge is 0.0471 e. The number of rotatable bonds is 4. The van der Waals surface area contributed by atoms with E-state index in [2.05, 4.69) is 28.9 Å². The van der Waals surface area contributed by atoms with Gasteiger partial charge in [0, 0.05) is 19.8 Å². The lowest BCUT2D eigenvalue weighted by atomic mass is 9.66. The average Bonchev–Trinajstić information content (AvgIpc) is 2.85. The van der Waals surface area contributed by atoms with E-state index < -0.39 is 0 Å². The molecule has 0 aromatic carbocycles. The molecule has 0 aromatic rings. The minimum Gasteiger partial charge on any atom is -0.381 e. The molecule has 0 atom stereocenters. The molecule has 3 aliphatic rings. The first-order valence-corrected chi connectivity index (χ1v) is 8.61. The van der Waals surface area contributed by atoms with Crippen LogP contribution in [-0.4, -0.2) is 44.3 Å². The Morgan fingerprint density at radius 2 is 2.00 bits per heavy atom. The number of ether oxygens (including phenoxy) is 1. The molecular formula is C19H28N2O. The number of hydrogen-bond donors (Lipinski definition) is 1. The molecule has 1 aliphatic carbocycles. The van der Waals surface area contributed by atoms with Crippen LogP contribution in [0.3, 0.4) is 0 Å². The van der Waals surface area contributed by atoms with Crippen molar-refractivity contribution in [2.24, 2.45) is 17.1 Å². The van der Waals surface area contributed by atoms with E-state index in [0.717, 1.165) is 45.1 Å². The second-order valence-corrected chi connectivity index (χ2v) is 6.83. The predicted octanol–water partition coefficient (Wildman–Crippen LogP) is 2.66. The van der Waals surface area contributed by atoms with Crippen LogP contribution in [0.2, 0.25) is 0 Å². The second kappa shape index (κ2) is 7.43. The molecule has 3 heteroatoms. The molecule has 22 heavy (non-hydrogen) atoms. The van der Waals surface area contributed by atoms with Gasteiger partial charge in [-0.1, -0.05) is 18.2 Å². The average molecular weight is 300 g/mol. The second-order valence-electron chi connectivity index (χ2n) is 6.83. The van der Waals surface area contributed by atoms with E-state index in [1.165, 1.54) is 31.5 Å². The Labute approximate surface area is 134 Å². The summed E-state index contributed by atoms with van der Waals surface area (Å²) in [7, 11) is 0. The molecule has 0 radical (unpaired) electrons. The number of allylic oxidation sites excluding steroid dienone is 3. The minimum atomic E-state index is 0.345. The summed E-state index contributed by atoms with van der Waals surface area (Å²) in [6.07, 6.45) is 15.3. The van der Waals surface area contributed by atoms with Crippen molar-refractivity contribution in [3.63, 3.8) is 0 Å². The number of nitrogens with zero attached hydrogens (tertiary/aromatic N) is 1. The number of hydrogen-bond acceptors (Lipinski definition) is 3. The Balaban J connectivity index is 1.55. The van der Waals surface area contributed by atoms with E-state index in [1.54, 1.807) is 0 Å². The molecule has 0 bridgehead atoms. The Bertz CT molecular complexity index is 486. The van der Waals surface area contributed by atoms with Crippen molar-refractivity contribution in [3.05, 3.63) is 41.7 Å². The lowest BCUT2D eigenvalue weighted by molar-refractivity contribution is -0.0302. The Hall–Kier alpha value is -1.12. The lowest BCUT2D eigenvalue weighted by Crippen LogP contribution is -2.47. The topological polar surface area (TPSA) is 38.5 Å². The van der Waals surface area contributed by atoms with Gasteiger partial charge < -0.3 is 10.5 Å². The SMILES string of the molecule is NCC1(C2CCN(CC3=CC=CC=C=C3)CC2)CCOCC1. The summed E-state index contributed by atoms with van der Waals surface area (Å²) in [5, 5.41) is 0. The highest BCUT2D eigenvalue weighted by Gasteiger charge is 2.40. The molecule has 3 rings (SSSR count). The van der Waals surface area contributed by atoms with Crippen molar-refractivity contribution in [2.45, 2.75) is 25.7 Å². The van der Waals surface area contributed by atoms with E-state index in [0.29, 0.717) is 5.41 Å². The van der Waals surface area contributed by atoms with E-state index in [9.17, 15) is 0 Å². The Kier molecular flexibility index (Phi) is 5.32. The van der Waals surface area contributed by atoms with Gasteiger partial charge in [0.25, 0.3) is 0 Å². The normalized spacial score (nSPS) is 26.0. The quantitative estimate of drug-likeness (QED) is 0.811. The van der Waals surface area contributed by atoms with Crippen LogP contribution in [0.15, 0.2) is 41.7 Å². The van der Waals surface area contributed by atoms with E-state index in [-0.39, 0.29) is 0 Å². The van der Waals surface area contributed by atoms with Crippen molar-refractivity contribution in [1.82, 2.24) is 4.90 Å². The highest BCUT2D eigenvalue weighted by Crippen LogP contribution is 2.42. The zero-order chi connectivity index (χ0) is 15.3. The summed E-state index contributed by atoms with van der Waals surface area (Å²) in [6.45, 7) is 6.03. The van der Waals surface area contributed by atoms with Crippen molar-refractivity contribution < 1.29 is 4.74 Å². The summed E-state index contributed by atoms with van der Waals surface area (Å²) in [6, 6.07) is 0. The van der Waals surface area contributed by atoms with E-state index in [1.807, 2.05) is 12.2 Å². The van der Waals surface area contributed by atoms with Gasteiger partial charge in [0.1, 0.15) is 0 Å². The highest BCUT2D eigenvalue weighted by atomic mass is 16.5. The maximum atomic E-state index is 6.17. The van der Waals surface area contributed by atoms with Crippen LogP contribution >= 0.6 is 0 Å². The van der Waals surface area contributed by atoms with Gasteiger partial charge in [-0.25, -0.2) is 0 Å². The van der Waals surface area contributed by atoms with Crippen molar-refractivity contribution in [2.75, 3.05) is 39.4 Å². The van der Waals surface area contributed by atoms with Crippen molar-refractivity contribution in [1.29, 1.82) is 0 Å². The molecule has 3 nitrogen and oxygen atoms in total. The fraction of sp³-hybridized carbons (Fsp3) is 0.632. The summed E-state index contributed by atoms with van der Waals surface area (Å²) in [4.78, 5) is 2.57. The fourth-order valence-electron chi connectivity index (χ4n) is 4.11. The molecular weight excluding hydrogens is 272 g/mol. The summed E-state index contributed by atoms with van der Waals surface area (Å²) in [5.74, 6) is 0.774. The molecule has 0 unspecified atom stereocenters. The van der Waals surface area contributed by atoms with Crippen LogP contribution in [-0.2, 0) is 4.74 Å². The number of piperidine rings is 1. The summed E-state index contributed by atoms with van der Waals surface area (Å²) >= 11 is 0. The van der Waals surface area contributed by atoms with Gasteiger partial charge >= 0.3 is 0 Å². The lowest BCUT2D eigenvalue weighted by Gasteiger charge is -2.46. The molecule has 2 fully saturated rings. The number of likely N-dealkylation sites (tertiary alicyclic amines) is 1. The van der Waals surface area contributed by atoms with Crippen molar-refractivity contribution in [3.8, 4) is 0 Å². The molecule has 0 saturated carbocycles. The first-order chi connectivity index (χ1) is 10.8. The summed E-state index contributed by atoms with van der Waals surface area (Å²) in [5.41, 5.74) is 11.1. The highest BCUT2D eigenvalue weighted by molar-refractivity contribution is 5.29. The number of nitrogens with two attached hydrogens (primary N) is 1. The van der Waals surface area contributed by atoms with Gasteiger partial charge in [-0.3, -0.25) is 4.90 Å². The predicted molar refractivity (Wildman–Crippen MR) is 90.6 cm³/mol. The zero-order valence-electron chi connectivity index (χ0n) is 13.5. The molecule has 2 aliphatic heterocycles. The molecule has 0 amide bonds. The Morgan fingerprint density at radius 1 is 1.23 bits per heavy atom. The zero-order valence-corrected chi connectivity index (χ0v) is 13.5. The third kappa shape index (κ3) is 3.61. The molecule has 120 valence electrons. The van der Waals surface area contributed by atoms with Crippen LogP contribution in [0.25, 0.3) is 0 Å². The standard InChI is InChI=1S/C19H28N2O/c20-16-19(9-13-22-14-10-19)18-7-11-21(12-8-18)15-17-5-3-1-2-4-6-17/h1-3,5-6,18H,7-16,20H2. The molecule has 2 heterocycles. The third-order valence-corrected chi connectivity index (χ3v) is 5.64. The first-order valence-electron chi connectivity index (χ1n) is 8.61. The van der Waals surface area contributed by atoms with Gasteiger partial charge in [0.2, 0.25) is 0 Å². The van der Waals surface area contributed by atoms with E-state index >= 15 is 0 Å². The van der Waals surface area contributed by atoms with E-state index in [4.69, 9.17) is 10.5 Å². The van der Waals surface area contributed by atoms with Gasteiger partial charge in [-0.05, 0) is 74.4 Å². The molecule has 2 saturated heterocycles. The Morgan fingerprint density at radius 3 is 2.73 bits per heavy atom. The van der Waals surface area contributed by atoms with Crippen LogP contribution in [0.4, 0.5) is 0 Å². The largest absolute Gasteiger partial charge is 0.381 e. The van der Waals surface area contributed by atoms with Crippen LogP contribution in [0.1, 0.15) is 25.7 Å². The fourth-order valence-corrected chi connectivity index (χ4v) is 4.11. The van der Waals surface area contributed by atoms with Gasteiger partial charge in [0.15, 0.2) is 0 Å². The maximum absolute atomic E-state index is 6.17. The van der Waals surface area contributed by atoms with Crippen LogP contribution in [0.5, 0.6) is 0 Å². The molecule has 2 N–H and O–H groups in total. The van der Waals surface area contributed by atoms with Crippen molar-refractivity contribution >= 4 is 0 Å². The van der Waals surface area contributed by atoms with Gasteiger partial charge in [0.05, 0.1) is 0 Å². The maximum Gasteiger partial charge on any atom is 0.0471 e. The van der Waals surface area contributed by atoms with Crippen LogP contribution in [0, 0.1) is 11.3 Å². The summed E-state index contributed by atoms with van der Waals surface area (Å²) < 4.78 is 5.56. The van der Waals surface area contributed by atoms with Gasteiger partial charge in [-0.15, -0.1) is 5.73 Å².